The van der Waals surface area contributed by atoms with Crippen LogP contribution in [0.15, 0.2) is 5.38 Å². The van der Waals surface area contributed by atoms with Gasteiger partial charge in [-0.3, -0.25) is 9.59 Å². The molecule has 146 valence electrons. The molecule has 0 aromatic carbocycles. The van der Waals surface area contributed by atoms with Crippen molar-refractivity contribution in [1.29, 1.82) is 0 Å². The third kappa shape index (κ3) is 4.35. The highest BCUT2D eigenvalue weighted by molar-refractivity contribution is 7.09. The second-order valence-corrected chi connectivity index (χ2v) is 7.12. The molecule has 2 unspecified atom stereocenters. The predicted molar refractivity (Wildman–Crippen MR) is 87.4 cm³/mol. The maximum absolute atomic E-state index is 13.5. The first-order chi connectivity index (χ1) is 12.1. The van der Waals surface area contributed by atoms with E-state index in [2.05, 4.69) is 4.98 Å². The van der Waals surface area contributed by atoms with Crippen LogP contribution in [0, 0.1) is 12.8 Å². The van der Waals surface area contributed by atoms with E-state index in [1.54, 1.807) is 6.92 Å². The number of ether oxygens (including phenoxy) is 1. The minimum Gasteiger partial charge on any atom is -0.466 e. The van der Waals surface area contributed by atoms with Crippen molar-refractivity contribution in [3.05, 3.63) is 16.1 Å². The van der Waals surface area contributed by atoms with E-state index in [-0.39, 0.29) is 19.7 Å². The fourth-order valence-electron chi connectivity index (χ4n) is 2.83. The van der Waals surface area contributed by atoms with Gasteiger partial charge in [0.15, 0.2) is 0 Å². The second kappa shape index (κ2) is 7.91. The van der Waals surface area contributed by atoms with Gasteiger partial charge >= 0.3 is 12.1 Å². The molecule has 1 fully saturated rings. The number of amides is 1. The van der Waals surface area contributed by atoms with Crippen LogP contribution in [0.3, 0.4) is 0 Å². The second-order valence-electron chi connectivity index (χ2n) is 6.26. The molecule has 1 aromatic rings. The number of carbonyl (C=O) groups excluding carboxylic acids is 2. The van der Waals surface area contributed by atoms with Gasteiger partial charge in [0.25, 0.3) is 0 Å². The van der Waals surface area contributed by atoms with Crippen LogP contribution in [-0.2, 0) is 19.9 Å². The molecule has 1 aliphatic rings. The zero-order valence-electron chi connectivity index (χ0n) is 14.5. The molecule has 10 heteroatoms. The Morgan fingerprint density at radius 3 is 2.69 bits per heavy atom. The number of piperidine rings is 1. The topological polar surface area (TPSA) is 79.7 Å². The maximum Gasteiger partial charge on any atom is 0.424 e. The molecular weight excluding hydrogens is 373 g/mol. The Labute approximate surface area is 153 Å². The Morgan fingerprint density at radius 1 is 1.46 bits per heavy atom. The molecule has 0 saturated carbocycles. The minimum atomic E-state index is -5.05. The summed E-state index contributed by atoms with van der Waals surface area (Å²) in [7, 11) is 0. The van der Waals surface area contributed by atoms with Crippen LogP contribution in [0.25, 0.3) is 0 Å². The number of aryl methyl sites for hydroxylation is 1. The van der Waals surface area contributed by atoms with Gasteiger partial charge in [0.2, 0.25) is 11.5 Å². The number of thiazole rings is 1. The number of likely N-dealkylation sites (tertiary alicyclic amines) is 1. The molecule has 2 rings (SSSR count). The van der Waals surface area contributed by atoms with Crippen molar-refractivity contribution in [3.8, 4) is 0 Å². The molecule has 2 heterocycles. The lowest BCUT2D eigenvalue weighted by molar-refractivity contribution is -0.268. The molecule has 26 heavy (non-hydrogen) atoms. The number of halogens is 3. The number of hydrogen-bond donors (Lipinski definition) is 1. The van der Waals surface area contributed by atoms with E-state index < -0.39 is 41.0 Å². The van der Waals surface area contributed by atoms with E-state index in [0.717, 1.165) is 0 Å². The number of carbonyl (C=O) groups is 2. The van der Waals surface area contributed by atoms with Crippen molar-refractivity contribution in [2.45, 2.75) is 44.9 Å². The zero-order valence-corrected chi connectivity index (χ0v) is 15.3. The summed E-state index contributed by atoms with van der Waals surface area (Å²) < 4.78 is 45.4. The van der Waals surface area contributed by atoms with Gasteiger partial charge in [0, 0.05) is 24.2 Å². The van der Waals surface area contributed by atoms with Gasteiger partial charge in [-0.1, -0.05) is 0 Å². The van der Waals surface area contributed by atoms with Crippen LogP contribution in [-0.4, -0.2) is 52.7 Å². The molecule has 0 aliphatic carbocycles. The molecule has 0 bridgehead atoms. The van der Waals surface area contributed by atoms with Crippen LogP contribution in [0.1, 0.15) is 36.9 Å². The number of rotatable bonds is 5. The molecule has 0 spiro atoms. The monoisotopic (exact) mass is 394 g/mol. The summed E-state index contributed by atoms with van der Waals surface area (Å²) in [6.45, 7) is 3.58. The summed E-state index contributed by atoms with van der Waals surface area (Å²) in [5, 5.41) is 11.1. The first-order valence-corrected chi connectivity index (χ1v) is 9.12. The quantitative estimate of drug-likeness (QED) is 0.776. The summed E-state index contributed by atoms with van der Waals surface area (Å²) in [6.07, 6.45) is -5.23. The van der Waals surface area contributed by atoms with Crippen LogP contribution in [0.2, 0.25) is 0 Å². The van der Waals surface area contributed by atoms with Crippen LogP contribution < -0.4 is 0 Å². The molecule has 1 aromatic heterocycles. The summed E-state index contributed by atoms with van der Waals surface area (Å²) in [4.78, 5) is 29.2. The number of alkyl halides is 3. The Hall–Kier alpha value is -1.68. The largest absolute Gasteiger partial charge is 0.466 e. The van der Waals surface area contributed by atoms with E-state index in [1.165, 1.54) is 17.2 Å². The molecule has 1 N–H and O–H groups in total. The number of esters is 1. The average Bonchev–Trinajstić information content (AvgIpc) is 3.01. The van der Waals surface area contributed by atoms with Gasteiger partial charge in [0.1, 0.15) is 5.01 Å². The Bertz CT molecular complexity index is 664. The average molecular weight is 394 g/mol. The van der Waals surface area contributed by atoms with Crippen molar-refractivity contribution in [3.63, 3.8) is 0 Å². The van der Waals surface area contributed by atoms with Crippen molar-refractivity contribution in [2.75, 3.05) is 19.7 Å². The standard InChI is InChI=1S/C16H21F3N2O4S/c1-3-25-13(23)11-5-4-6-21(8-11)12(22)7-15(24,16(17,18)19)14-20-10(2)9-26-14/h9,11,24H,3-8H2,1-2H3. The van der Waals surface area contributed by atoms with Gasteiger partial charge in [-0.25, -0.2) is 4.98 Å². The molecule has 6 nitrogen and oxygen atoms in total. The highest BCUT2D eigenvalue weighted by Crippen LogP contribution is 2.43. The lowest BCUT2D eigenvalue weighted by atomic mass is 9.95. The van der Waals surface area contributed by atoms with Crippen LogP contribution in [0.4, 0.5) is 13.2 Å². The van der Waals surface area contributed by atoms with E-state index in [1.807, 2.05) is 0 Å². The lowest BCUT2D eigenvalue weighted by Crippen LogP contribution is -2.49. The fraction of sp³-hybridized carbons (Fsp3) is 0.688. The Kier molecular flexibility index (Phi) is 6.28. The first kappa shape index (κ1) is 20.6. The van der Waals surface area contributed by atoms with E-state index in [9.17, 15) is 27.9 Å². The van der Waals surface area contributed by atoms with Gasteiger partial charge in [-0.2, -0.15) is 13.2 Å². The van der Waals surface area contributed by atoms with Gasteiger partial charge in [-0.15, -0.1) is 11.3 Å². The number of nitrogens with zero attached hydrogens (tertiary/aromatic N) is 2. The maximum atomic E-state index is 13.5. The molecule has 1 aliphatic heterocycles. The predicted octanol–water partition coefficient (Wildman–Crippen LogP) is 2.39. The Balaban J connectivity index is 2.16. The highest BCUT2D eigenvalue weighted by atomic mass is 32.1. The summed E-state index contributed by atoms with van der Waals surface area (Å²) >= 11 is 0.658. The lowest BCUT2D eigenvalue weighted by Gasteiger charge is -2.34. The Morgan fingerprint density at radius 2 is 2.15 bits per heavy atom. The van der Waals surface area contributed by atoms with Crippen molar-refractivity contribution in [2.24, 2.45) is 5.92 Å². The van der Waals surface area contributed by atoms with E-state index >= 15 is 0 Å². The highest BCUT2D eigenvalue weighted by Gasteiger charge is 2.58. The third-order valence-electron chi connectivity index (χ3n) is 4.24. The van der Waals surface area contributed by atoms with Gasteiger partial charge in [-0.05, 0) is 26.7 Å². The van der Waals surface area contributed by atoms with Gasteiger partial charge < -0.3 is 14.7 Å². The molecule has 0 radical (unpaired) electrons. The van der Waals surface area contributed by atoms with Crippen LogP contribution >= 0.6 is 11.3 Å². The molecular formula is C16H21F3N2O4S. The fourth-order valence-corrected chi connectivity index (χ4v) is 3.74. The molecule has 1 saturated heterocycles. The summed E-state index contributed by atoms with van der Waals surface area (Å²) in [6, 6.07) is 0. The van der Waals surface area contributed by atoms with E-state index in [0.29, 0.717) is 29.9 Å². The van der Waals surface area contributed by atoms with E-state index in [4.69, 9.17) is 4.74 Å². The van der Waals surface area contributed by atoms with Crippen molar-refractivity contribution in [1.82, 2.24) is 9.88 Å². The summed E-state index contributed by atoms with van der Waals surface area (Å²) in [5.74, 6) is -1.90. The van der Waals surface area contributed by atoms with Crippen molar-refractivity contribution < 1.29 is 32.6 Å². The smallest absolute Gasteiger partial charge is 0.424 e. The zero-order chi connectivity index (χ0) is 19.5. The molecule has 1 amide bonds. The first-order valence-electron chi connectivity index (χ1n) is 8.24. The number of aromatic nitrogens is 1. The van der Waals surface area contributed by atoms with Gasteiger partial charge in [0.05, 0.1) is 18.9 Å². The summed E-state index contributed by atoms with van der Waals surface area (Å²) in [5.41, 5.74) is -3.01. The third-order valence-corrected chi connectivity index (χ3v) is 5.35. The van der Waals surface area contributed by atoms with Crippen molar-refractivity contribution >= 4 is 23.2 Å². The number of hydrogen-bond acceptors (Lipinski definition) is 6. The minimum absolute atomic E-state index is 0.0114. The van der Waals surface area contributed by atoms with Crippen LogP contribution in [0.5, 0.6) is 0 Å². The SMILES string of the molecule is CCOC(=O)C1CCCN(C(=O)CC(O)(c2nc(C)cs2)C(F)(F)F)C1. The normalized spacial score (nSPS) is 20.5. The number of aliphatic hydroxyl groups is 1. The molecule has 2 atom stereocenters.